The van der Waals surface area contributed by atoms with Gasteiger partial charge in [-0.1, -0.05) is 0 Å². The minimum Gasteiger partial charge on any atom is -0.529 e. The molecule has 83 valence electrons. The number of carbonyl (C=O) groups excluding carboxylic acids is 1. The summed E-state index contributed by atoms with van der Waals surface area (Å²) in [6.45, 7) is 0.641. The summed E-state index contributed by atoms with van der Waals surface area (Å²) in [6.07, 6.45) is 1.47. The van der Waals surface area contributed by atoms with Gasteiger partial charge in [0.05, 0.1) is 6.54 Å². The van der Waals surface area contributed by atoms with Crippen molar-refractivity contribution in [2.75, 3.05) is 19.6 Å². The van der Waals surface area contributed by atoms with E-state index >= 15 is 0 Å². The number of hydrogen-bond acceptors (Lipinski definition) is 3. The number of carboxylic acid groups (broad SMARTS) is 1. The molecule has 7 heteroatoms. The fourth-order valence-electron chi connectivity index (χ4n) is 0.535. The largest absolute Gasteiger partial charge is 0.529 e. The van der Waals surface area contributed by atoms with E-state index in [2.05, 4.69) is 12.4 Å². The number of nitrogens with one attached hydrogen (secondary N) is 1. The third kappa shape index (κ3) is 13.5. The van der Waals surface area contributed by atoms with Crippen LogP contribution in [0.2, 0.25) is 0 Å². The number of rotatable bonds is 6. The van der Waals surface area contributed by atoms with E-state index in [-0.39, 0.29) is 27.0 Å². The summed E-state index contributed by atoms with van der Waals surface area (Å²) in [5, 5.41) is 10.5. The van der Waals surface area contributed by atoms with Gasteiger partial charge in [0, 0.05) is 20.4 Å². The van der Waals surface area contributed by atoms with Crippen molar-refractivity contribution in [3.05, 3.63) is 7.05 Å². The minimum atomic E-state index is -0.935. The van der Waals surface area contributed by atoms with E-state index in [1.807, 2.05) is 0 Å². The quantitative estimate of drug-likeness (QED) is 0.229. The van der Waals surface area contributed by atoms with E-state index < -0.39 is 5.97 Å². The number of amides is 1. The Morgan fingerprint density at radius 3 is 2.54 bits per heavy atom. The van der Waals surface area contributed by atoms with Crippen LogP contribution >= 0.6 is 0 Å². The molecule has 0 aromatic carbocycles. The van der Waals surface area contributed by atoms with Gasteiger partial charge in [-0.2, -0.15) is 6.41 Å². The second kappa shape index (κ2) is 10.6. The van der Waals surface area contributed by atoms with Gasteiger partial charge < -0.3 is 20.1 Å². The van der Waals surface area contributed by atoms with Crippen LogP contribution in [-0.2, 0) is 30.0 Å². The van der Waals surface area contributed by atoms with Crippen molar-refractivity contribution in [1.29, 1.82) is 0 Å². The van der Waals surface area contributed by atoms with Gasteiger partial charge in [-0.25, -0.2) is 0 Å². The summed E-state index contributed by atoms with van der Waals surface area (Å²) in [5.41, 5.74) is 0. The molecule has 0 aliphatic heterocycles. The number of aliphatic carboxylic acids is 1. The SMILES string of the molecule is [CH2-]N(CCN[C-]=O)CC(=O)O.[Fm].[Re]. The Kier molecular flexibility index (Phi) is 14.3. The van der Waals surface area contributed by atoms with Crippen molar-refractivity contribution in [1.82, 2.24) is 10.2 Å². The first-order valence-corrected chi connectivity index (χ1v) is 3.04. The molecule has 0 aromatic heterocycles. The molecular formula is C6H10FmN2O3Re-2. The fourth-order valence-corrected chi connectivity index (χ4v) is 0.535. The van der Waals surface area contributed by atoms with Crippen LogP contribution in [0.4, 0.5) is 0 Å². The summed E-state index contributed by atoms with van der Waals surface area (Å²) in [7, 11) is 3.43. The van der Waals surface area contributed by atoms with Crippen LogP contribution in [0.1, 0.15) is 0 Å². The Hall–Kier alpha value is -1.44. The summed E-state index contributed by atoms with van der Waals surface area (Å²) >= 11 is 0. The number of hydrogen-bond donors (Lipinski definition) is 2. The molecule has 13 heavy (non-hydrogen) atoms. The van der Waals surface area contributed by atoms with Crippen molar-refractivity contribution in [3.63, 3.8) is 0 Å². The number of carbonyl (C=O) groups is 1. The molecule has 0 heterocycles. The average Bonchev–Trinajstić information content (AvgIpc) is 1.86. The Balaban J connectivity index is -0.000000500. The molecule has 0 atom stereocenters. The molecule has 1 amide bonds. The molecule has 0 aromatic rings. The van der Waals surface area contributed by atoms with E-state index in [0.717, 1.165) is 0 Å². The van der Waals surface area contributed by atoms with Gasteiger partial charge in [0.25, 0.3) is 0 Å². The first-order chi connectivity index (χ1) is 5.16. The van der Waals surface area contributed by atoms with Gasteiger partial charge >= 0.3 is 5.97 Å². The first-order valence-electron chi connectivity index (χ1n) is 3.04. The van der Waals surface area contributed by atoms with E-state index in [1.54, 1.807) is 0 Å². The van der Waals surface area contributed by atoms with E-state index in [9.17, 15) is 9.59 Å². The monoisotopic (exact) mass is 602 g/mol. The zero-order chi connectivity index (χ0) is 8.69. The summed E-state index contributed by atoms with van der Waals surface area (Å²) in [4.78, 5) is 21.0. The second-order valence-corrected chi connectivity index (χ2v) is 1.98. The number of carboxylic acids is 1. The molecule has 0 bridgehead atoms. The van der Waals surface area contributed by atoms with E-state index in [1.165, 1.54) is 11.3 Å². The van der Waals surface area contributed by atoms with E-state index in [0.29, 0.717) is 13.1 Å². The topological polar surface area (TPSA) is 69.6 Å². The maximum Gasteiger partial charge on any atom is 0.315 e. The second-order valence-electron chi connectivity index (χ2n) is 1.98. The van der Waals surface area contributed by atoms with E-state index in [4.69, 9.17) is 5.11 Å². The zero-order valence-corrected chi connectivity index (χ0v) is 11.8. The first kappa shape index (κ1) is 17.6. The van der Waals surface area contributed by atoms with Crippen LogP contribution in [0.3, 0.4) is 0 Å². The van der Waals surface area contributed by atoms with Gasteiger partial charge in [-0.3, -0.25) is 11.8 Å². The van der Waals surface area contributed by atoms with Gasteiger partial charge in [0.2, 0.25) is 0 Å². The molecule has 0 spiro atoms. The molecule has 0 saturated carbocycles. The van der Waals surface area contributed by atoms with Gasteiger partial charge in [0.1, 0.15) is 0 Å². The van der Waals surface area contributed by atoms with Gasteiger partial charge in [0.15, 0.2) is 0 Å². The number of nitrogens with zero attached hydrogens (tertiary/aromatic N) is 1. The molecule has 1 radical (unpaired) electrons. The van der Waals surface area contributed by atoms with Crippen LogP contribution < -0.4 is 5.32 Å². The molecule has 0 aliphatic rings. The molecular weight excluding hydrogens is 591 g/mol. The minimum absolute atomic E-state index is 0. The Morgan fingerprint density at radius 1 is 1.62 bits per heavy atom. The van der Waals surface area contributed by atoms with Crippen LogP contribution in [0.15, 0.2) is 0 Å². The predicted molar refractivity (Wildman–Crippen MR) is 38.3 cm³/mol. The van der Waals surface area contributed by atoms with Crippen molar-refractivity contribution in [3.8, 4) is 0 Å². The fraction of sp³-hybridized carbons (Fsp3) is 0.500. The molecule has 0 saturated heterocycles. The van der Waals surface area contributed by atoms with Crippen LogP contribution in [0, 0.1) is 7.05 Å². The van der Waals surface area contributed by atoms with Crippen molar-refractivity contribution >= 4 is 12.4 Å². The van der Waals surface area contributed by atoms with Gasteiger partial charge in [-0.15, -0.1) is 0 Å². The molecule has 0 aliphatic carbocycles. The molecule has 5 nitrogen and oxygen atoms in total. The smallest absolute Gasteiger partial charge is 0.315 e. The van der Waals surface area contributed by atoms with Gasteiger partial charge in [-0.05, 0) is 13.1 Å². The summed E-state index contributed by atoms with van der Waals surface area (Å²) < 4.78 is 0. The molecule has 0 rings (SSSR count). The van der Waals surface area contributed by atoms with Crippen LogP contribution in [0.25, 0.3) is 0 Å². The molecule has 0 fully saturated rings. The Morgan fingerprint density at radius 2 is 2.15 bits per heavy atom. The maximum absolute atomic E-state index is 10.1. The predicted octanol–water partition coefficient (Wildman–Crippen LogP) is -1.18. The normalized spacial score (nSPS) is 8.15. The van der Waals surface area contributed by atoms with Crippen molar-refractivity contribution in [2.24, 2.45) is 0 Å². The van der Waals surface area contributed by atoms with Crippen molar-refractivity contribution < 1.29 is 35.1 Å². The Labute approximate surface area is 84.8 Å². The van der Waals surface area contributed by atoms with Crippen LogP contribution in [0.5, 0.6) is 0 Å². The zero-order valence-electron chi connectivity index (χ0n) is 6.71. The van der Waals surface area contributed by atoms with Crippen LogP contribution in [-0.4, -0.2) is 42.0 Å². The average molecular weight is 601 g/mol. The summed E-state index contributed by atoms with van der Waals surface area (Å²) in [6, 6.07) is 0. The summed E-state index contributed by atoms with van der Waals surface area (Å²) in [5.74, 6) is -0.935. The molecule has 0 unspecified atom stereocenters. The Bertz CT molecular complexity index is 148. The third-order valence-corrected chi connectivity index (χ3v) is 0.984. The third-order valence-electron chi connectivity index (χ3n) is 0.984. The standard InChI is InChI=1S/C6H10N2O3.Fm.Re/c1-8(4-6(10)11)3-2-7-5-9;;/h1-4H2,(H,7,9)(H,10,11);;/q-2;;. The molecule has 2 N–H and O–H groups in total. The maximum atomic E-state index is 10.1. The van der Waals surface area contributed by atoms with Crippen molar-refractivity contribution in [2.45, 2.75) is 0 Å².